The summed E-state index contributed by atoms with van der Waals surface area (Å²) in [4.78, 5) is 11.3. The van der Waals surface area contributed by atoms with E-state index in [1.807, 2.05) is 24.5 Å². The van der Waals surface area contributed by atoms with Crippen LogP contribution in [0.2, 0.25) is 0 Å². The quantitative estimate of drug-likeness (QED) is 0.588. The maximum Gasteiger partial charge on any atom is 0.132 e. The molecule has 0 radical (unpaired) electrons. The summed E-state index contributed by atoms with van der Waals surface area (Å²) >= 11 is 0. The highest BCUT2D eigenvalue weighted by atomic mass is 19.1. The van der Waals surface area contributed by atoms with Gasteiger partial charge in [0.25, 0.3) is 0 Å². The fraction of sp³-hybridized carbons (Fsp3) is 0.190. The number of halogens is 1. The SMILES string of the molecule is Fc1ccccc1-c1n[nH]c2cnc(-c3cncc(N4CCCC4)c3)cc12. The molecule has 0 saturated carbocycles. The Bertz CT molecular complexity index is 1110. The Morgan fingerprint density at radius 1 is 1.00 bits per heavy atom. The highest BCUT2D eigenvalue weighted by Crippen LogP contribution is 2.31. The van der Waals surface area contributed by atoms with E-state index in [1.165, 1.54) is 18.9 Å². The molecule has 6 heteroatoms. The van der Waals surface area contributed by atoms with E-state index in [9.17, 15) is 4.39 Å². The Balaban J connectivity index is 1.60. The lowest BCUT2D eigenvalue weighted by atomic mass is 10.1. The molecule has 1 fully saturated rings. The molecule has 0 amide bonds. The third-order valence-electron chi connectivity index (χ3n) is 5.07. The summed E-state index contributed by atoms with van der Waals surface area (Å²) in [5, 5.41) is 8.10. The van der Waals surface area contributed by atoms with E-state index in [2.05, 4.69) is 31.1 Å². The van der Waals surface area contributed by atoms with Crippen LogP contribution in [0.25, 0.3) is 33.4 Å². The van der Waals surface area contributed by atoms with Crippen molar-refractivity contribution in [1.29, 1.82) is 0 Å². The zero-order chi connectivity index (χ0) is 18.2. The van der Waals surface area contributed by atoms with Crippen molar-refractivity contribution in [3.05, 3.63) is 60.8 Å². The van der Waals surface area contributed by atoms with Crippen LogP contribution in [0.1, 0.15) is 12.8 Å². The van der Waals surface area contributed by atoms with Gasteiger partial charge in [-0.2, -0.15) is 5.10 Å². The van der Waals surface area contributed by atoms with E-state index in [0.717, 1.165) is 40.9 Å². The molecule has 1 aliphatic heterocycles. The smallest absolute Gasteiger partial charge is 0.132 e. The normalized spacial score (nSPS) is 14.2. The van der Waals surface area contributed by atoms with Crippen molar-refractivity contribution in [3.8, 4) is 22.5 Å². The van der Waals surface area contributed by atoms with Crippen molar-refractivity contribution < 1.29 is 4.39 Å². The van der Waals surface area contributed by atoms with Gasteiger partial charge < -0.3 is 4.90 Å². The number of H-pyrrole nitrogens is 1. The van der Waals surface area contributed by atoms with E-state index in [4.69, 9.17) is 0 Å². The van der Waals surface area contributed by atoms with Gasteiger partial charge in [-0.3, -0.25) is 15.1 Å². The summed E-state index contributed by atoms with van der Waals surface area (Å²) in [7, 11) is 0. The standard InChI is InChI=1S/C21H18FN5/c22-18-6-2-1-5-16(18)21-17-10-19(24-13-20(17)25-26-21)14-9-15(12-23-11-14)27-7-3-4-8-27/h1-2,5-6,9-13H,3-4,7-8H2,(H,25,26). The largest absolute Gasteiger partial charge is 0.370 e. The van der Waals surface area contributed by atoms with Crippen LogP contribution in [0.5, 0.6) is 0 Å². The van der Waals surface area contributed by atoms with Gasteiger partial charge in [-0.1, -0.05) is 12.1 Å². The van der Waals surface area contributed by atoms with Gasteiger partial charge in [-0.15, -0.1) is 0 Å². The number of aromatic nitrogens is 4. The Labute approximate surface area is 155 Å². The first kappa shape index (κ1) is 15.9. The number of pyridine rings is 2. The number of nitrogens with zero attached hydrogens (tertiary/aromatic N) is 4. The lowest BCUT2D eigenvalue weighted by Crippen LogP contribution is -2.17. The number of hydrogen-bond acceptors (Lipinski definition) is 4. The molecule has 0 spiro atoms. The van der Waals surface area contributed by atoms with Gasteiger partial charge in [0.05, 0.1) is 29.3 Å². The summed E-state index contributed by atoms with van der Waals surface area (Å²) in [6.07, 6.45) is 7.89. The topological polar surface area (TPSA) is 57.7 Å². The maximum absolute atomic E-state index is 14.2. The van der Waals surface area contributed by atoms with Crippen molar-refractivity contribution >= 4 is 16.6 Å². The summed E-state index contributed by atoms with van der Waals surface area (Å²) in [5.74, 6) is -0.290. The predicted molar refractivity (Wildman–Crippen MR) is 104 cm³/mol. The summed E-state index contributed by atoms with van der Waals surface area (Å²) < 4.78 is 14.2. The van der Waals surface area contributed by atoms with Crippen LogP contribution in [-0.2, 0) is 0 Å². The highest BCUT2D eigenvalue weighted by Gasteiger charge is 2.16. The van der Waals surface area contributed by atoms with Gasteiger partial charge in [0, 0.05) is 35.8 Å². The second-order valence-electron chi connectivity index (χ2n) is 6.79. The minimum atomic E-state index is -0.290. The predicted octanol–water partition coefficient (Wildman–Crippen LogP) is 4.43. The Morgan fingerprint density at radius 3 is 2.70 bits per heavy atom. The van der Waals surface area contributed by atoms with Crippen LogP contribution in [0.15, 0.2) is 55.0 Å². The zero-order valence-electron chi connectivity index (χ0n) is 14.7. The number of nitrogens with one attached hydrogen (secondary N) is 1. The van der Waals surface area contributed by atoms with Crippen molar-refractivity contribution in [2.45, 2.75) is 12.8 Å². The Kier molecular flexibility index (Phi) is 3.81. The van der Waals surface area contributed by atoms with Gasteiger partial charge >= 0.3 is 0 Å². The van der Waals surface area contributed by atoms with Gasteiger partial charge in [0.2, 0.25) is 0 Å². The molecule has 4 aromatic rings. The van der Waals surface area contributed by atoms with Crippen LogP contribution in [0, 0.1) is 5.82 Å². The number of anilines is 1. The van der Waals surface area contributed by atoms with Crippen LogP contribution in [0.4, 0.5) is 10.1 Å². The second-order valence-corrected chi connectivity index (χ2v) is 6.79. The van der Waals surface area contributed by atoms with Crippen LogP contribution < -0.4 is 4.90 Å². The molecule has 1 aromatic carbocycles. The lowest BCUT2D eigenvalue weighted by molar-refractivity contribution is 0.631. The Morgan fingerprint density at radius 2 is 1.85 bits per heavy atom. The first-order valence-electron chi connectivity index (χ1n) is 9.09. The number of rotatable bonds is 3. The average Bonchev–Trinajstić information content (AvgIpc) is 3.38. The van der Waals surface area contributed by atoms with E-state index in [0.29, 0.717) is 11.3 Å². The van der Waals surface area contributed by atoms with Crippen LogP contribution in [0.3, 0.4) is 0 Å². The number of fused-ring (bicyclic) bond motifs is 1. The third kappa shape index (κ3) is 2.83. The second kappa shape index (κ2) is 6.46. The zero-order valence-corrected chi connectivity index (χ0v) is 14.7. The molecular weight excluding hydrogens is 341 g/mol. The summed E-state index contributed by atoms with van der Waals surface area (Å²) in [6.45, 7) is 2.13. The molecule has 134 valence electrons. The molecular formula is C21H18FN5. The summed E-state index contributed by atoms with van der Waals surface area (Å²) in [6, 6.07) is 10.7. The lowest BCUT2D eigenvalue weighted by Gasteiger charge is -2.17. The highest BCUT2D eigenvalue weighted by molar-refractivity contribution is 5.94. The van der Waals surface area contributed by atoms with Crippen LogP contribution in [-0.4, -0.2) is 33.3 Å². The molecule has 5 nitrogen and oxygen atoms in total. The monoisotopic (exact) mass is 359 g/mol. The number of hydrogen-bond donors (Lipinski definition) is 1. The molecule has 0 bridgehead atoms. The number of aromatic amines is 1. The van der Waals surface area contributed by atoms with E-state index in [-0.39, 0.29) is 5.82 Å². The van der Waals surface area contributed by atoms with Crippen molar-refractivity contribution in [2.75, 3.05) is 18.0 Å². The minimum absolute atomic E-state index is 0.290. The minimum Gasteiger partial charge on any atom is -0.370 e. The van der Waals surface area contributed by atoms with Crippen molar-refractivity contribution in [1.82, 2.24) is 20.2 Å². The van der Waals surface area contributed by atoms with Crippen LogP contribution >= 0.6 is 0 Å². The molecule has 27 heavy (non-hydrogen) atoms. The molecule has 4 heterocycles. The average molecular weight is 359 g/mol. The van der Waals surface area contributed by atoms with Gasteiger partial charge in [-0.05, 0) is 37.1 Å². The molecule has 3 aromatic heterocycles. The molecule has 0 atom stereocenters. The van der Waals surface area contributed by atoms with Gasteiger partial charge in [0.15, 0.2) is 0 Å². The van der Waals surface area contributed by atoms with E-state index in [1.54, 1.807) is 18.3 Å². The molecule has 1 N–H and O–H groups in total. The molecule has 0 unspecified atom stereocenters. The first-order chi connectivity index (χ1) is 13.3. The molecule has 1 saturated heterocycles. The fourth-order valence-corrected chi connectivity index (χ4v) is 3.65. The molecule has 0 aliphatic carbocycles. The van der Waals surface area contributed by atoms with Gasteiger partial charge in [0.1, 0.15) is 11.5 Å². The molecule has 1 aliphatic rings. The number of benzene rings is 1. The van der Waals surface area contributed by atoms with Crippen molar-refractivity contribution in [3.63, 3.8) is 0 Å². The fourth-order valence-electron chi connectivity index (χ4n) is 3.65. The van der Waals surface area contributed by atoms with Gasteiger partial charge in [-0.25, -0.2) is 4.39 Å². The Hall–Kier alpha value is -3.28. The van der Waals surface area contributed by atoms with E-state index < -0.39 is 0 Å². The third-order valence-corrected chi connectivity index (χ3v) is 5.07. The van der Waals surface area contributed by atoms with E-state index >= 15 is 0 Å². The first-order valence-corrected chi connectivity index (χ1v) is 9.09. The van der Waals surface area contributed by atoms with Crippen molar-refractivity contribution in [2.24, 2.45) is 0 Å². The maximum atomic E-state index is 14.2. The summed E-state index contributed by atoms with van der Waals surface area (Å²) in [5.41, 5.74) is 4.71. The molecule has 5 rings (SSSR count).